The van der Waals surface area contributed by atoms with Gasteiger partial charge in [0.2, 0.25) is 0 Å². The van der Waals surface area contributed by atoms with E-state index < -0.39 is 18.0 Å². The molecule has 1 N–H and O–H groups in total. The third-order valence-corrected chi connectivity index (χ3v) is 3.74. The molecule has 0 unspecified atom stereocenters. The van der Waals surface area contributed by atoms with E-state index in [1.807, 2.05) is 13.8 Å². The predicted molar refractivity (Wildman–Crippen MR) is 99.1 cm³/mol. The summed E-state index contributed by atoms with van der Waals surface area (Å²) in [6.07, 6.45) is 0.659. The standard InChI is InChI=1S/C19H21ClN2O4/c1-12(2)25-11-14-6-8-15(9-7-14)19(24)26-13(3)18(23)22-16-5-4-10-21-17(16)20/h4-10,12-13H,11H2,1-3H3,(H,22,23)/t13-/m0/s1. The maximum atomic E-state index is 12.2. The van der Waals surface area contributed by atoms with Crippen molar-refractivity contribution in [2.45, 2.75) is 39.6 Å². The number of hydrogen-bond acceptors (Lipinski definition) is 5. The van der Waals surface area contributed by atoms with Crippen LogP contribution in [0, 0.1) is 0 Å². The Morgan fingerprint density at radius 3 is 2.46 bits per heavy atom. The van der Waals surface area contributed by atoms with Gasteiger partial charge in [-0.05, 0) is 50.6 Å². The Morgan fingerprint density at radius 1 is 1.15 bits per heavy atom. The minimum absolute atomic E-state index is 0.132. The number of nitrogens with zero attached hydrogens (tertiary/aromatic N) is 1. The Kier molecular flexibility index (Phi) is 7.12. The Balaban J connectivity index is 1.91. The average Bonchev–Trinajstić information content (AvgIpc) is 2.62. The van der Waals surface area contributed by atoms with Crippen molar-refractivity contribution in [1.29, 1.82) is 0 Å². The van der Waals surface area contributed by atoms with Crippen molar-refractivity contribution >= 4 is 29.2 Å². The zero-order chi connectivity index (χ0) is 19.1. The van der Waals surface area contributed by atoms with Crippen molar-refractivity contribution in [2.75, 3.05) is 5.32 Å². The van der Waals surface area contributed by atoms with Gasteiger partial charge in [-0.15, -0.1) is 0 Å². The average molecular weight is 377 g/mol. The van der Waals surface area contributed by atoms with E-state index in [1.54, 1.807) is 36.4 Å². The van der Waals surface area contributed by atoms with E-state index in [4.69, 9.17) is 21.1 Å². The Hall–Kier alpha value is -2.44. The van der Waals surface area contributed by atoms with Gasteiger partial charge in [-0.3, -0.25) is 4.79 Å². The molecule has 1 atom stereocenters. The minimum atomic E-state index is -0.984. The van der Waals surface area contributed by atoms with Gasteiger partial charge in [0.05, 0.1) is 24.0 Å². The van der Waals surface area contributed by atoms with Gasteiger partial charge in [-0.25, -0.2) is 9.78 Å². The summed E-state index contributed by atoms with van der Waals surface area (Å²) in [7, 11) is 0. The van der Waals surface area contributed by atoms with E-state index in [1.165, 1.54) is 13.1 Å². The fraction of sp³-hybridized carbons (Fsp3) is 0.316. The molecule has 0 spiro atoms. The first-order valence-corrected chi connectivity index (χ1v) is 8.57. The molecule has 0 aliphatic rings. The number of amides is 1. The first-order chi connectivity index (χ1) is 12.4. The summed E-state index contributed by atoms with van der Waals surface area (Å²) >= 11 is 5.89. The molecule has 0 aliphatic heterocycles. The van der Waals surface area contributed by atoms with Crippen LogP contribution in [0.2, 0.25) is 5.15 Å². The number of carbonyl (C=O) groups excluding carboxylic acids is 2. The molecule has 138 valence electrons. The fourth-order valence-electron chi connectivity index (χ4n) is 2.00. The molecule has 2 rings (SSSR count). The number of aromatic nitrogens is 1. The largest absolute Gasteiger partial charge is 0.449 e. The van der Waals surface area contributed by atoms with Gasteiger partial charge in [0.15, 0.2) is 11.3 Å². The lowest BCUT2D eigenvalue weighted by Crippen LogP contribution is -2.30. The zero-order valence-corrected chi connectivity index (χ0v) is 15.6. The first kappa shape index (κ1) is 19.9. The number of anilines is 1. The van der Waals surface area contributed by atoms with Crippen LogP contribution in [-0.4, -0.2) is 29.1 Å². The summed E-state index contributed by atoms with van der Waals surface area (Å²) in [5, 5.41) is 2.74. The molecular weight excluding hydrogens is 356 g/mol. The number of ether oxygens (including phenoxy) is 2. The molecule has 6 nitrogen and oxygen atoms in total. The highest BCUT2D eigenvalue weighted by molar-refractivity contribution is 6.32. The number of carbonyl (C=O) groups is 2. The monoisotopic (exact) mass is 376 g/mol. The van der Waals surface area contributed by atoms with E-state index in [2.05, 4.69) is 10.3 Å². The molecule has 7 heteroatoms. The van der Waals surface area contributed by atoms with Crippen LogP contribution in [-0.2, 0) is 20.9 Å². The summed E-state index contributed by atoms with van der Waals surface area (Å²) in [6, 6.07) is 10.1. The SMILES string of the molecule is CC(C)OCc1ccc(C(=O)O[C@@H](C)C(=O)Nc2cccnc2Cl)cc1. The van der Waals surface area contributed by atoms with Crippen LogP contribution in [0.15, 0.2) is 42.6 Å². The molecule has 0 saturated carbocycles. The molecule has 1 amide bonds. The molecule has 2 aromatic rings. The molecular formula is C19H21ClN2O4. The summed E-state index contributed by atoms with van der Waals surface area (Å²) in [6.45, 7) is 5.87. The molecule has 1 aromatic heterocycles. The van der Waals surface area contributed by atoms with E-state index >= 15 is 0 Å². The molecule has 1 aromatic carbocycles. The number of hydrogen-bond donors (Lipinski definition) is 1. The highest BCUT2D eigenvalue weighted by Gasteiger charge is 2.20. The third kappa shape index (κ3) is 5.82. The predicted octanol–water partition coefficient (Wildman–Crippen LogP) is 3.84. The van der Waals surface area contributed by atoms with Crippen LogP contribution in [0.5, 0.6) is 0 Å². The van der Waals surface area contributed by atoms with Crippen LogP contribution in [0.4, 0.5) is 5.69 Å². The van der Waals surface area contributed by atoms with Gasteiger partial charge in [-0.2, -0.15) is 0 Å². The lowest BCUT2D eigenvalue weighted by Gasteiger charge is -2.14. The van der Waals surface area contributed by atoms with Gasteiger partial charge < -0.3 is 14.8 Å². The van der Waals surface area contributed by atoms with E-state index in [0.717, 1.165) is 5.56 Å². The topological polar surface area (TPSA) is 77.5 Å². The second-order valence-electron chi connectivity index (χ2n) is 5.94. The van der Waals surface area contributed by atoms with Crippen molar-refractivity contribution in [3.8, 4) is 0 Å². The highest BCUT2D eigenvalue weighted by atomic mass is 35.5. The summed E-state index contributed by atoms with van der Waals surface area (Å²) in [4.78, 5) is 28.2. The molecule has 0 radical (unpaired) electrons. The van der Waals surface area contributed by atoms with Crippen LogP contribution in [0.25, 0.3) is 0 Å². The maximum Gasteiger partial charge on any atom is 0.338 e. The number of halogens is 1. The molecule has 0 bridgehead atoms. The van der Waals surface area contributed by atoms with Gasteiger partial charge in [-0.1, -0.05) is 23.7 Å². The van der Waals surface area contributed by atoms with Crippen molar-refractivity contribution in [2.24, 2.45) is 0 Å². The van der Waals surface area contributed by atoms with E-state index in [-0.39, 0.29) is 11.3 Å². The lowest BCUT2D eigenvalue weighted by atomic mass is 10.1. The second-order valence-corrected chi connectivity index (χ2v) is 6.29. The third-order valence-electron chi connectivity index (χ3n) is 3.44. The number of nitrogens with one attached hydrogen (secondary N) is 1. The van der Waals surface area contributed by atoms with E-state index in [9.17, 15) is 9.59 Å². The Labute approximate surface area is 157 Å². The van der Waals surface area contributed by atoms with Gasteiger partial charge in [0, 0.05) is 6.20 Å². The van der Waals surface area contributed by atoms with E-state index in [0.29, 0.717) is 17.9 Å². The van der Waals surface area contributed by atoms with Crippen LogP contribution >= 0.6 is 11.6 Å². The first-order valence-electron chi connectivity index (χ1n) is 8.19. The fourth-order valence-corrected chi connectivity index (χ4v) is 2.16. The van der Waals surface area contributed by atoms with Crippen molar-refractivity contribution in [3.63, 3.8) is 0 Å². The zero-order valence-electron chi connectivity index (χ0n) is 14.9. The molecule has 0 fully saturated rings. The molecule has 0 aliphatic carbocycles. The molecule has 0 saturated heterocycles. The molecule has 1 heterocycles. The van der Waals surface area contributed by atoms with Crippen molar-refractivity contribution < 1.29 is 19.1 Å². The Morgan fingerprint density at radius 2 is 1.85 bits per heavy atom. The maximum absolute atomic E-state index is 12.2. The smallest absolute Gasteiger partial charge is 0.338 e. The summed E-state index contributed by atoms with van der Waals surface area (Å²) in [5.41, 5.74) is 1.67. The quantitative estimate of drug-likeness (QED) is 0.586. The number of pyridine rings is 1. The van der Waals surface area contributed by atoms with Gasteiger partial charge in [0.25, 0.3) is 5.91 Å². The van der Waals surface area contributed by atoms with Crippen LogP contribution < -0.4 is 5.32 Å². The number of esters is 1. The Bertz CT molecular complexity index is 762. The minimum Gasteiger partial charge on any atom is -0.449 e. The van der Waals surface area contributed by atoms with Crippen LogP contribution in [0.1, 0.15) is 36.7 Å². The number of rotatable bonds is 7. The van der Waals surface area contributed by atoms with Crippen LogP contribution in [0.3, 0.4) is 0 Å². The highest BCUT2D eigenvalue weighted by Crippen LogP contribution is 2.18. The summed E-state index contributed by atoms with van der Waals surface area (Å²) in [5.74, 6) is -1.07. The van der Waals surface area contributed by atoms with Crippen molar-refractivity contribution in [1.82, 2.24) is 4.98 Å². The molecule has 26 heavy (non-hydrogen) atoms. The lowest BCUT2D eigenvalue weighted by molar-refractivity contribution is -0.123. The van der Waals surface area contributed by atoms with Crippen molar-refractivity contribution in [3.05, 3.63) is 58.9 Å². The van der Waals surface area contributed by atoms with Gasteiger partial charge >= 0.3 is 5.97 Å². The normalized spacial score (nSPS) is 11.9. The van der Waals surface area contributed by atoms with Gasteiger partial charge in [0.1, 0.15) is 0 Å². The number of benzene rings is 1. The second kappa shape index (κ2) is 9.31. The summed E-state index contributed by atoms with van der Waals surface area (Å²) < 4.78 is 10.7.